The van der Waals surface area contributed by atoms with Crippen LogP contribution in [0.25, 0.3) is 17.2 Å². The van der Waals surface area contributed by atoms with Crippen molar-refractivity contribution in [3.05, 3.63) is 147 Å². The quantitative estimate of drug-likeness (QED) is 0.0791. The van der Waals surface area contributed by atoms with Crippen LogP contribution in [0.2, 0.25) is 0 Å². The summed E-state index contributed by atoms with van der Waals surface area (Å²) in [5.41, 5.74) is 16.1. The fourth-order valence-electron chi connectivity index (χ4n) is 9.03. The Kier molecular flexibility index (Phi) is 18.6. The van der Waals surface area contributed by atoms with Crippen molar-refractivity contribution in [2.45, 2.75) is 170 Å². The lowest BCUT2D eigenvalue weighted by Crippen LogP contribution is -2.06. The molecule has 0 aromatic heterocycles. The van der Waals surface area contributed by atoms with Crippen molar-refractivity contribution in [3.8, 4) is 0 Å². The van der Waals surface area contributed by atoms with E-state index in [1.807, 2.05) is 6.07 Å². The van der Waals surface area contributed by atoms with Gasteiger partial charge in [0.15, 0.2) is 0 Å². The zero-order chi connectivity index (χ0) is 41.3. The molecule has 312 valence electrons. The number of benzene rings is 3. The molecule has 3 aromatic carbocycles. The third-order valence-electron chi connectivity index (χ3n) is 13.6. The Morgan fingerprint density at radius 2 is 1.34 bits per heavy atom. The van der Waals surface area contributed by atoms with Gasteiger partial charge < -0.3 is 0 Å². The summed E-state index contributed by atoms with van der Waals surface area (Å²) in [6.07, 6.45) is 33.6. The van der Waals surface area contributed by atoms with Crippen molar-refractivity contribution in [1.82, 2.24) is 0 Å². The summed E-state index contributed by atoms with van der Waals surface area (Å²) in [6, 6.07) is 21.8. The maximum absolute atomic E-state index is 14.8. The van der Waals surface area contributed by atoms with Crippen molar-refractivity contribution < 1.29 is 4.39 Å². The molecule has 3 aliphatic carbocycles. The summed E-state index contributed by atoms with van der Waals surface area (Å²) >= 11 is 0. The summed E-state index contributed by atoms with van der Waals surface area (Å²) in [6.45, 7) is 18.0. The molecule has 0 N–H and O–H groups in total. The monoisotopic (exact) mass is 781 g/mol. The van der Waals surface area contributed by atoms with Gasteiger partial charge in [0.2, 0.25) is 0 Å². The van der Waals surface area contributed by atoms with E-state index in [-0.39, 0.29) is 5.82 Å². The molecule has 2 atom stereocenters. The van der Waals surface area contributed by atoms with Crippen molar-refractivity contribution in [1.29, 1.82) is 0 Å². The molecule has 58 heavy (non-hydrogen) atoms. The van der Waals surface area contributed by atoms with E-state index >= 15 is 0 Å². The number of aryl methyl sites for hydroxylation is 4. The Hall–Kier alpha value is -3.71. The fraction of sp³-hybridized carbons (Fsp3) is 0.509. The van der Waals surface area contributed by atoms with E-state index in [1.54, 1.807) is 6.07 Å². The van der Waals surface area contributed by atoms with Crippen LogP contribution in [0.3, 0.4) is 0 Å². The summed E-state index contributed by atoms with van der Waals surface area (Å²) < 4.78 is 14.8. The number of allylic oxidation sites excluding steroid dienone is 8. The molecule has 0 saturated carbocycles. The van der Waals surface area contributed by atoms with Gasteiger partial charge in [-0.2, -0.15) is 0 Å². The predicted octanol–water partition coefficient (Wildman–Crippen LogP) is 17.4. The second-order valence-electron chi connectivity index (χ2n) is 18.4. The second-order valence-corrected chi connectivity index (χ2v) is 18.4. The van der Waals surface area contributed by atoms with Crippen LogP contribution in [0, 0.1) is 30.5 Å². The Morgan fingerprint density at radius 3 is 2.14 bits per heavy atom. The number of hydrogen-bond acceptors (Lipinski definition) is 0. The number of rotatable bonds is 20. The molecule has 0 bridgehead atoms. The normalized spacial score (nSPS) is 15.9. The van der Waals surface area contributed by atoms with Crippen molar-refractivity contribution in [2.24, 2.45) is 17.8 Å². The summed E-state index contributed by atoms with van der Waals surface area (Å²) in [5, 5.41) is 0. The Bertz CT molecular complexity index is 1890. The van der Waals surface area contributed by atoms with Gasteiger partial charge in [-0.25, -0.2) is 4.39 Å². The van der Waals surface area contributed by atoms with Gasteiger partial charge in [0.05, 0.1) is 0 Å². The van der Waals surface area contributed by atoms with Crippen molar-refractivity contribution in [2.75, 3.05) is 0 Å². The highest BCUT2D eigenvalue weighted by atomic mass is 19.1. The first-order chi connectivity index (χ1) is 28.1. The minimum Gasteiger partial charge on any atom is -0.206 e. The Balaban J connectivity index is 0.000000221. The fourth-order valence-corrected chi connectivity index (χ4v) is 9.03. The molecule has 6 rings (SSSR count). The zero-order valence-electron chi connectivity index (χ0n) is 37.5. The van der Waals surface area contributed by atoms with Crippen LogP contribution < -0.4 is 0 Å². The lowest BCUT2D eigenvalue weighted by Gasteiger charge is -2.22. The first kappa shape index (κ1) is 45.4. The topological polar surface area (TPSA) is 0 Å². The van der Waals surface area contributed by atoms with E-state index in [2.05, 4.69) is 121 Å². The van der Waals surface area contributed by atoms with Crippen LogP contribution in [0.15, 0.2) is 102 Å². The van der Waals surface area contributed by atoms with Crippen LogP contribution in [-0.2, 0) is 19.3 Å². The third-order valence-corrected chi connectivity index (χ3v) is 13.6. The number of fused-ring (bicyclic) bond motifs is 2. The minimum absolute atomic E-state index is 0.0402. The van der Waals surface area contributed by atoms with Gasteiger partial charge >= 0.3 is 0 Å². The molecule has 1 heteroatoms. The second kappa shape index (κ2) is 23.8. The van der Waals surface area contributed by atoms with Crippen LogP contribution in [0.4, 0.5) is 4.39 Å². The molecular formula is C57H77F. The standard InChI is InChI=1S/C29H41F.C28H36/c1-4-22(2)23(3)12-8-6-5-7-9-13-24-16-19-28(29(30)20-24)27-18-17-25-14-10-11-15-26(25)21-27;1-21(2)23(4)11-7-5-6-8-13-25-16-15-22(3)19-28(25)27-18-17-24-12-9-10-14-26(24)20-27/h14-16,19-23H,4-13,17-18H2,1-3H3;9-10,12,14-16,19-21H,4-8,11,13,17-18H2,1-3H3. The zero-order valence-corrected chi connectivity index (χ0v) is 37.5. The van der Waals surface area contributed by atoms with E-state index in [0.29, 0.717) is 5.92 Å². The van der Waals surface area contributed by atoms with E-state index in [0.717, 1.165) is 73.5 Å². The van der Waals surface area contributed by atoms with Gasteiger partial charge in [-0.3, -0.25) is 0 Å². The van der Waals surface area contributed by atoms with E-state index in [1.165, 1.54) is 134 Å². The molecule has 0 aliphatic heterocycles. The number of hydrogen-bond donors (Lipinski definition) is 0. The molecule has 0 heterocycles. The van der Waals surface area contributed by atoms with Gasteiger partial charge in [-0.1, -0.05) is 183 Å². The molecule has 0 amide bonds. The highest BCUT2D eigenvalue weighted by Gasteiger charge is 2.18. The van der Waals surface area contributed by atoms with Crippen LogP contribution in [0.5, 0.6) is 0 Å². The highest BCUT2D eigenvalue weighted by molar-refractivity contribution is 5.85. The van der Waals surface area contributed by atoms with Gasteiger partial charge in [0.25, 0.3) is 0 Å². The van der Waals surface area contributed by atoms with Gasteiger partial charge in [-0.05, 0) is 158 Å². The molecule has 0 nitrogen and oxygen atoms in total. The first-order valence-corrected chi connectivity index (χ1v) is 23.6. The number of halogens is 1. The lowest BCUT2D eigenvalue weighted by atomic mass is 9.83. The van der Waals surface area contributed by atoms with E-state index in [9.17, 15) is 4.39 Å². The largest absolute Gasteiger partial charge is 0.206 e. The van der Waals surface area contributed by atoms with Crippen LogP contribution in [0.1, 0.15) is 183 Å². The minimum atomic E-state index is -0.0402. The van der Waals surface area contributed by atoms with Crippen molar-refractivity contribution in [3.63, 3.8) is 0 Å². The van der Waals surface area contributed by atoms with Crippen molar-refractivity contribution >= 4 is 17.2 Å². The molecule has 0 fully saturated rings. The van der Waals surface area contributed by atoms with Crippen LogP contribution in [-0.4, -0.2) is 0 Å². The maximum atomic E-state index is 14.8. The first-order valence-electron chi connectivity index (χ1n) is 23.6. The van der Waals surface area contributed by atoms with Crippen LogP contribution >= 0.6 is 0 Å². The maximum Gasteiger partial charge on any atom is 0.130 e. The smallest absolute Gasteiger partial charge is 0.130 e. The van der Waals surface area contributed by atoms with Gasteiger partial charge in [0.1, 0.15) is 5.82 Å². The molecule has 0 saturated heterocycles. The number of unbranched alkanes of at least 4 members (excludes halogenated alkanes) is 7. The average Bonchev–Trinajstić information content (AvgIpc) is 3.24. The van der Waals surface area contributed by atoms with Gasteiger partial charge in [-0.15, -0.1) is 0 Å². The summed E-state index contributed by atoms with van der Waals surface area (Å²) in [4.78, 5) is 0. The highest BCUT2D eigenvalue weighted by Crippen LogP contribution is 2.37. The predicted molar refractivity (Wildman–Crippen MR) is 254 cm³/mol. The SMILES string of the molecule is C=C(CCCCCCc1ccc(C)cc1C1=Cc2ccccc2CC1)C(C)C.CCC(C)C(C)CCCCCCCc1ccc(C2=CC3=CCCC=C3CC2)c(F)c1. The molecule has 0 spiro atoms. The summed E-state index contributed by atoms with van der Waals surface area (Å²) in [5.74, 6) is 2.29. The molecule has 3 aromatic rings. The summed E-state index contributed by atoms with van der Waals surface area (Å²) in [7, 11) is 0. The third kappa shape index (κ3) is 14.0. The average molecular weight is 781 g/mol. The molecular weight excluding hydrogens is 704 g/mol. The molecule has 0 radical (unpaired) electrons. The van der Waals surface area contributed by atoms with E-state index in [4.69, 9.17) is 0 Å². The lowest BCUT2D eigenvalue weighted by molar-refractivity contribution is 0.342. The van der Waals surface area contributed by atoms with Gasteiger partial charge in [0, 0.05) is 5.56 Å². The molecule has 2 unspecified atom stereocenters. The van der Waals surface area contributed by atoms with E-state index < -0.39 is 0 Å². The Morgan fingerprint density at radius 1 is 0.655 bits per heavy atom. The molecule has 3 aliphatic rings. The Labute approximate surface area is 354 Å².